The van der Waals surface area contributed by atoms with Crippen molar-refractivity contribution in [2.24, 2.45) is 11.8 Å². The van der Waals surface area contributed by atoms with Crippen molar-refractivity contribution in [2.75, 3.05) is 11.9 Å². The Bertz CT molecular complexity index is 740. The van der Waals surface area contributed by atoms with Gasteiger partial charge in [0.1, 0.15) is 5.39 Å². The van der Waals surface area contributed by atoms with Crippen molar-refractivity contribution in [2.45, 2.75) is 58.9 Å². The fourth-order valence-corrected chi connectivity index (χ4v) is 3.42. The van der Waals surface area contributed by atoms with Crippen LogP contribution in [0.2, 0.25) is 0 Å². The lowest BCUT2D eigenvalue weighted by molar-refractivity contribution is 0.268. The van der Waals surface area contributed by atoms with E-state index < -0.39 is 0 Å². The maximum absolute atomic E-state index is 12.3. The topological polar surface area (TPSA) is 75.6 Å². The van der Waals surface area contributed by atoms with E-state index in [-0.39, 0.29) is 11.1 Å². The molecule has 23 heavy (non-hydrogen) atoms. The predicted molar refractivity (Wildman–Crippen MR) is 92.8 cm³/mol. The van der Waals surface area contributed by atoms with Crippen molar-refractivity contribution in [1.82, 2.24) is 19.7 Å². The highest BCUT2D eigenvalue weighted by Crippen LogP contribution is 2.29. The summed E-state index contributed by atoms with van der Waals surface area (Å²) in [5.41, 5.74) is 0.294. The van der Waals surface area contributed by atoms with E-state index in [1.165, 1.54) is 25.7 Å². The lowest BCUT2D eigenvalue weighted by Gasteiger charge is -2.28. The van der Waals surface area contributed by atoms with Crippen molar-refractivity contribution in [1.29, 1.82) is 0 Å². The minimum Gasteiger partial charge on any atom is -0.355 e. The first-order valence-corrected chi connectivity index (χ1v) is 8.58. The molecule has 2 aromatic heterocycles. The highest BCUT2D eigenvalue weighted by molar-refractivity contribution is 5.74. The van der Waals surface area contributed by atoms with Crippen molar-refractivity contribution in [3.8, 4) is 0 Å². The van der Waals surface area contributed by atoms with Crippen LogP contribution in [0.5, 0.6) is 0 Å². The molecule has 0 radical (unpaired) electrons. The third kappa shape index (κ3) is 3.26. The van der Waals surface area contributed by atoms with Crippen LogP contribution in [0.25, 0.3) is 11.0 Å². The van der Waals surface area contributed by atoms with Crippen molar-refractivity contribution in [3.05, 3.63) is 16.6 Å². The van der Waals surface area contributed by atoms with E-state index in [4.69, 9.17) is 0 Å². The van der Waals surface area contributed by atoms with Gasteiger partial charge in [0.15, 0.2) is 5.65 Å². The number of rotatable bonds is 3. The first-order valence-electron chi connectivity index (χ1n) is 8.58. The van der Waals surface area contributed by atoms with E-state index in [0.717, 1.165) is 12.5 Å². The zero-order valence-electron chi connectivity index (χ0n) is 14.5. The van der Waals surface area contributed by atoms with Crippen LogP contribution in [0.3, 0.4) is 0 Å². The Kier molecular flexibility index (Phi) is 4.17. The van der Waals surface area contributed by atoms with E-state index in [1.807, 2.05) is 4.68 Å². The van der Waals surface area contributed by atoms with Gasteiger partial charge in [0.05, 0.1) is 11.7 Å². The third-order valence-corrected chi connectivity index (χ3v) is 4.89. The smallest absolute Gasteiger partial charge is 0.263 e. The van der Waals surface area contributed by atoms with Crippen LogP contribution in [0.1, 0.15) is 53.4 Å². The quantitative estimate of drug-likeness (QED) is 0.912. The number of anilines is 1. The number of hydrogen-bond acceptors (Lipinski definition) is 4. The Morgan fingerprint density at radius 2 is 2.09 bits per heavy atom. The second-order valence-corrected chi connectivity index (χ2v) is 7.78. The summed E-state index contributed by atoms with van der Waals surface area (Å²) in [5, 5.41) is 8.21. The molecule has 1 saturated carbocycles. The minimum absolute atomic E-state index is 0.135. The molecule has 0 aromatic carbocycles. The zero-order chi connectivity index (χ0) is 16.6. The van der Waals surface area contributed by atoms with Gasteiger partial charge in [0.25, 0.3) is 5.56 Å². The second kappa shape index (κ2) is 5.98. The van der Waals surface area contributed by atoms with Gasteiger partial charge in [-0.1, -0.05) is 26.2 Å². The molecule has 3 rings (SSSR count). The van der Waals surface area contributed by atoms with Crippen LogP contribution in [-0.2, 0) is 5.54 Å². The molecule has 0 spiro atoms. The number of nitrogens with one attached hydrogen (secondary N) is 2. The van der Waals surface area contributed by atoms with Crippen molar-refractivity contribution >= 4 is 17.0 Å². The van der Waals surface area contributed by atoms with Gasteiger partial charge in [-0.3, -0.25) is 9.78 Å². The summed E-state index contributed by atoms with van der Waals surface area (Å²) in [7, 11) is 0. The van der Waals surface area contributed by atoms with Crippen LogP contribution in [0.15, 0.2) is 11.0 Å². The number of fused-ring (bicyclic) bond motifs is 1. The predicted octanol–water partition coefficient (Wildman–Crippen LogP) is 3.11. The van der Waals surface area contributed by atoms with Gasteiger partial charge >= 0.3 is 0 Å². The van der Waals surface area contributed by atoms with Gasteiger partial charge in [-0.2, -0.15) is 10.1 Å². The van der Waals surface area contributed by atoms with Gasteiger partial charge < -0.3 is 5.32 Å². The van der Waals surface area contributed by atoms with Gasteiger partial charge in [-0.05, 0) is 39.0 Å². The second-order valence-electron chi connectivity index (χ2n) is 7.78. The summed E-state index contributed by atoms with van der Waals surface area (Å²) < 4.78 is 1.81. The van der Waals surface area contributed by atoms with Gasteiger partial charge in [0, 0.05) is 6.54 Å². The monoisotopic (exact) mass is 317 g/mol. The Labute approximate surface area is 136 Å². The molecular weight excluding hydrogens is 290 g/mol. The molecule has 2 N–H and O–H groups in total. The van der Waals surface area contributed by atoms with Gasteiger partial charge in [-0.25, -0.2) is 4.68 Å². The van der Waals surface area contributed by atoms with Crippen LogP contribution in [0, 0.1) is 11.8 Å². The highest BCUT2D eigenvalue weighted by atomic mass is 16.1. The molecule has 0 saturated heterocycles. The minimum atomic E-state index is -0.211. The molecule has 2 aromatic rings. The molecule has 0 aliphatic heterocycles. The number of aromatic amines is 1. The largest absolute Gasteiger partial charge is 0.355 e. The first-order chi connectivity index (χ1) is 10.9. The summed E-state index contributed by atoms with van der Waals surface area (Å²) in [6.45, 7) is 9.34. The molecule has 1 aliphatic rings. The number of hydrogen-bond donors (Lipinski definition) is 2. The van der Waals surface area contributed by atoms with Crippen LogP contribution >= 0.6 is 0 Å². The fourth-order valence-electron chi connectivity index (χ4n) is 3.42. The molecule has 6 heteroatoms. The molecule has 2 heterocycles. The van der Waals surface area contributed by atoms with Crippen molar-refractivity contribution in [3.63, 3.8) is 0 Å². The zero-order valence-corrected chi connectivity index (χ0v) is 14.5. The molecule has 0 bridgehead atoms. The maximum Gasteiger partial charge on any atom is 0.263 e. The third-order valence-electron chi connectivity index (χ3n) is 4.89. The Balaban J connectivity index is 1.85. The standard InChI is InChI=1S/C17H27N5O/c1-11-7-5-6-8-12(11)9-18-16-20-14-13(15(23)21-16)10-19-22(14)17(2,3)4/h10-12H,5-9H2,1-4H3,(H2,18,20,21,23). The Hall–Kier alpha value is -1.85. The van der Waals surface area contributed by atoms with E-state index in [0.29, 0.717) is 22.9 Å². The number of aromatic nitrogens is 4. The SMILES string of the molecule is CC1CCCCC1CNc1nc2c(cnn2C(C)(C)C)c(=O)[nH]1. The average molecular weight is 317 g/mol. The van der Waals surface area contributed by atoms with E-state index in [2.05, 4.69) is 48.1 Å². The molecule has 1 fully saturated rings. The van der Waals surface area contributed by atoms with E-state index >= 15 is 0 Å². The van der Waals surface area contributed by atoms with Crippen LogP contribution in [0.4, 0.5) is 5.95 Å². The van der Waals surface area contributed by atoms with Crippen LogP contribution < -0.4 is 10.9 Å². The van der Waals surface area contributed by atoms with Gasteiger partial charge in [-0.15, -0.1) is 0 Å². The molecule has 2 atom stereocenters. The van der Waals surface area contributed by atoms with Crippen molar-refractivity contribution < 1.29 is 0 Å². The Morgan fingerprint density at radius 1 is 1.35 bits per heavy atom. The van der Waals surface area contributed by atoms with Gasteiger partial charge in [0.2, 0.25) is 5.95 Å². The first kappa shape index (κ1) is 16.0. The average Bonchev–Trinajstić information content (AvgIpc) is 2.91. The summed E-state index contributed by atoms with van der Waals surface area (Å²) in [6, 6.07) is 0. The number of nitrogens with zero attached hydrogens (tertiary/aromatic N) is 3. The molecular formula is C17H27N5O. The molecule has 0 amide bonds. The number of H-pyrrole nitrogens is 1. The normalized spacial score (nSPS) is 22.4. The fraction of sp³-hybridized carbons (Fsp3) is 0.706. The molecule has 126 valence electrons. The lowest BCUT2D eigenvalue weighted by atomic mass is 9.80. The maximum atomic E-state index is 12.3. The lowest BCUT2D eigenvalue weighted by Crippen LogP contribution is -2.27. The summed E-state index contributed by atoms with van der Waals surface area (Å²) in [6.07, 6.45) is 6.78. The molecule has 6 nitrogen and oxygen atoms in total. The summed E-state index contributed by atoms with van der Waals surface area (Å²) in [5.74, 6) is 1.93. The summed E-state index contributed by atoms with van der Waals surface area (Å²) >= 11 is 0. The highest BCUT2D eigenvalue weighted by Gasteiger charge is 2.22. The molecule has 2 unspecified atom stereocenters. The van der Waals surface area contributed by atoms with E-state index in [1.54, 1.807) is 6.20 Å². The van der Waals surface area contributed by atoms with E-state index in [9.17, 15) is 4.79 Å². The Morgan fingerprint density at radius 3 is 2.78 bits per heavy atom. The van der Waals surface area contributed by atoms with Crippen LogP contribution in [-0.4, -0.2) is 26.3 Å². The molecule has 1 aliphatic carbocycles. The summed E-state index contributed by atoms with van der Waals surface area (Å²) in [4.78, 5) is 19.7.